The summed E-state index contributed by atoms with van der Waals surface area (Å²) in [4.78, 5) is 6.55. The summed E-state index contributed by atoms with van der Waals surface area (Å²) in [5.41, 5.74) is 0.654. The molecule has 0 aliphatic rings. The van der Waals surface area contributed by atoms with Crippen LogP contribution in [0.5, 0.6) is 0 Å². The summed E-state index contributed by atoms with van der Waals surface area (Å²) in [6.45, 7) is 7.42. The second-order valence-corrected chi connectivity index (χ2v) is 5.24. The van der Waals surface area contributed by atoms with Crippen molar-refractivity contribution in [1.29, 1.82) is 0 Å². The molecule has 21 heavy (non-hydrogen) atoms. The van der Waals surface area contributed by atoms with E-state index in [9.17, 15) is 8.78 Å². The maximum absolute atomic E-state index is 14.1. The molecule has 1 aromatic carbocycles. The molecule has 0 unspecified atom stereocenters. The molecule has 0 aliphatic heterocycles. The minimum absolute atomic E-state index is 0.176. The number of alkyl halides is 1. The zero-order chi connectivity index (χ0) is 15.4. The average Bonchev–Trinajstić information content (AvgIpc) is 2.85. The fourth-order valence-corrected chi connectivity index (χ4v) is 2.74. The molecule has 0 bridgehead atoms. The van der Waals surface area contributed by atoms with Gasteiger partial charge in [0.15, 0.2) is 11.6 Å². The highest BCUT2D eigenvalue weighted by molar-refractivity contribution is 6.16. The number of imidazole rings is 1. The lowest BCUT2D eigenvalue weighted by Crippen LogP contribution is -2.28. The van der Waals surface area contributed by atoms with Crippen molar-refractivity contribution in [3.63, 3.8) is 0 Å². The Balaban J connectivity index is 2.35. The molecule has 0 saturated heterocycles. The number of hydrogen-bond acceptors (Lipinski definition) is 2. The van der Waals surface area contributed by atoms with Gasteiger partial charge in [-0.05, 0) is 31.6 Å². The van der Waals surface area contributed by atoms with Crippen molar-refractivity contribution >= 4 is 22.6 Å². The third-order valence-electron chi connectivity index (χ3n) is 3.63. The Labute approximate surface area is 128 Å². The Kier molecular flexibility index (Phi) is 5.53. The summed E-state index contributed by atoms with van der Waals surface area (Å²) in [7, 11) is 0. The predicted molar refractivity (Wildman–Crippen MR) is 81.6 cm³/mol. The zero-order valence-corrected chi connectivity index (χ0v) is 13.1. The quantitative estimate of drug-likeness (QED) is 0.725. The van der Waals surface area contributed by atoms with E-state index in [1.165, 1.54) is 6.07 Å². The lowest BCUT2D eigenvalue weighted by Gasteiger charge is -2.20. The van der Waals surface area contributed by atoms with Crippen LogP contribution in [-0.2, 0) is 12.4 Å². The molecule has 0 amide bonds. The first kappa shape index (κ1) is 16.2. The highest BCUT2D eigenvalue weighted by Gasteiger charge is 2.17. The number of rotatable bonds is 7. The minimum Gasteiger partial charge on any atom is -0.323 e. The minimum atomic E-state index is -0.856. The molecule has 2 aromatic rings. The Morgan fingerprint density at radius 3 is 2.62 bits per heavy atom. The van der Waals surface area contributed by atoms with E-state index >= 15 is 0 Å². The molecule has 0 radical (unpaired) electrons. The van der Waals surface area contributed by atoms with Crippen molar-refractivity contribution in [3.8, 4) is 0 Å². The van der Waals surface area contributed by atoms with Gasteiger partial charge in [0.1, 0.15) is 11.3 Å². The predicted octanol–water partition coefficient (Wildman–Crippen LogP) is 3.79. The molecule has 6 heteroatoms. The van der Waals surface area contributed by atoms with Gasteiger partial charge in [-0.2, -0.15) is 0 Å². The second-order valence-electron chi connectivity index (χ2n) is 4.98. The van der Waals surface area contributed by atoms with Crippen molar-refractivity contribution < 1.29 is 8.78 Å². The van der Waals surface area contributed by atoms with Crippen LogP contribution >= 0.6 is 11.6 Å². The Morgan fingerprint density at radius 2 is 2.00 bits per heavy atom. The van der Waals surface area contributed by atoms with Gasteiger partial charge >= 0.3 is 0 Å². The maximum Gasteiger partial charge on any atom is 0.184 e. The van der Waals surface area contributed by atoms with Crippen LogP contribution in [0.15, 0.2) is 12.1 Å². The van der Waals surface area contributed by atoms with Crippen LogP contribution in [0, 0.1) is 11.6 Å². The van der Waals surface area contributed by atoms with Crippen molar-refractivity contribution in [1.82, 2.24) is 14.5 Å². The van der Waals surface area contributed by atoms with Gasteiger partial charge in [-0.1, -0.05) is 13.8 Å². The Morgan fingerprint density at radius 1 is 1.24 bits per heavy atom. The van der Waals surface area contributed by atoms with E-state index in [1.54, 1.807) is 4.57 Å². The van der Waals surface area contributed by atoms with Crippen LogP contribution in [0.3, 0.4) is 0 Å². The summed E-state index contributed by atoms with van der Waals surface area (Å²) >= 11 is 5.89. The number of hydrogen-bond donors (Lipinski definition) is 0. The molecule has 0 fully saturated rings. The number of likely N-dealkylation sites (N-methyl/N-ethyl adjacent to an activating group) is 1. The molecule has 3 nitrogen and oxygen atoms in total. The lowest BCUT2D eigenvalue weighted by molar-refractivity contribution is 0.276. The van der Waals surface area contributed by atoms with E-state index in [4.69, 9.17) is 11.6 Å². The Bertz CT molecular complexity index is 612. The van der Waals surface area contributed by atoms with Gasteiger partial charge in [0.05, 0.1) is 11.4 Å². The Hall–Kier alpha value is -1.20. The van der Waals surface area contributed by atoms with Crippen LogP contribution in [-0.4, -0.2) is 34.1 Å². The smallest absolute Gasteiger partial charge is 0.184 e. The van der Waals surface area contributed by atoms with Gasteiger partial charge in [-0.25, -0.2) is 13.8 Å². The van der Waals surface area contributed by atoms with Gasteiger partial charge in [0.2, 0.25) is 0 Å². The third kappa shape index (κ3) is 3.35. The van der Waals surface area contributed by atoms with Crippen LogP contribution in [0.25, 0.3) is 11.0 Å². The van der Waals surface area contributed by atoms with E-state index < -0.39 is 11.6 Å². The van der Waals surface area contributed by atoms with Crippen molar-refractivity contribution in [3.05, 3.63) is 29.6 Å². The molecule has 0 saturated carbocycles. The van der Waals surface area contributed by atoms with Crippen molar-refractivity contribution in [2.45, 2.75) is 32.7 Å². The number of nitrogens with zero attached hydrogens (tertiary/aromatic N) is 3. The third-order valence-corrected chi connectivity index (χ3v) is 3.86. The first-order chi connectivity index (χ1) is 10.1. The largest absolute Gasteiger partial charge is 0.323 e. The van der Waals surface area contributed by atoms with E-state index in [0.29, 0.717) is 17.9 Å². The van der Waals surface area contributed by atoms with E-state index in [0.717, 1.165) is 32.1 Å². The SMILES string of the molecule is CCCN(CC)CCn1c(CCl)nc2ccc(F)c(F)c21. The summed E-state index contributed by atoms with van der Waals surface area (Å²) in [5.74, 6) is -0.959. The monoisotopic (exact) mass is 315 g/mol. The highest BCUT2D eigenvalue weighted by Crippen LogP contribution is 2.22. The van der Waals surface area contributed by atoms with Gasteiger partial charge in [-0.15, -0.1) is 11.6 Å². The summed E-state index contributed by atoms with van der Waals surface area (Å²) in [6, 6.07) is 2.59. The lowest BCUT2D eigenvalue weighted by atomic mass is 10.3. The molecule has 1 aromatic heterocycles. The van der Waals surface area contributed by atoms with Crippen LogP contribution < -0.4 is 0 Å². The first-order valence-electron chi connectivity index (χ1n) is 7.23. The fraction of sp³-hybridized carbons (Fsp3) is 0.533. The van der Waals surface area contributed by atoms with E-state index in [2.05, 4.69) is 23.7 Å². The zero-order valence-electron chi connectivity index (χ0n) is 12.4. The van der Waals surface area contributed by atoms with Gasteiger partial charge in [0.25, 0.3) is 0 Å². The maximum atomic E-state index is 14.1. The molecular weight excluding hydrogens is 296 g/mol. The average molecular weight is 316 g/mol. The molecule has 116 valence electrons. The molecule has 0 aliphatic carbocycles. The van der Waals surface area contributed by atoms with Crippen molar-refractivity contribution in [2.75, 3.05) is 19.6 Å². The highest BCUT2D eigenvalue weighted by atomic mass is 35.5. The molecule has 0 N–H and O–H groups in total. The molecule has 0 atom stereocenters. The van der Waals surface area contributed by atoms with Gasteiger partial charge in [0, 0.05) is 13.1 Å². The van der Waals surface area contributed by atoms with Crippen LogP contribution in [0.2, 0.25) is 0 Å². The summed E-state index contributed by atoms with van der Waals surface area (Å²) < 4.78 is 29.2. The summed E-state index contributed by atoms with van der Waals surface area (Å²) in [6.07, 6.45) is 1.06. The topological polar surface area (TPSA) is 21.1 Å². The number of benzene rings is 1. The number of fused-ring (bicyclic) bond motifs is 1. The standard InChI is InChI=1S/C15H20ClF2N3/c1-3-7-20(4-2)8-9-21-13(10-16)19-12-6-5-11(17)14(18)15(12)21/h5-6H,3-4,7-10H2,1-2H3. The molecular formula is C15H20ClF2N3. The fourth-order valence-electron chi connectivity index (χ4n) is 2.53. The first-order valence-corrected chi connectivity index (χ1v) is 7.77. The number of aromatic nitrogens is 2. The normalized spacial score (nSPS) is 11.7. The van der Waals surface area contributed by atoms with E-state index in [-0.39, 0.29) is 11.4 Å². The van der Waals surface area contributed by atoms with Crippen LogP contribution in [0.4, 0.5) is 8.78 Å². The molecule has 1 heterocycles. The van der Waals surface area contributed by atoms with Gasteiger partial charge < -0.3 is 9.47 Å². The number of halogens is 3. The second kappa shape index (κ2) is 7.18. The van der Waals surface area contributed by atoms with Crippen molar-refractivity contribution in [2.24, 2.45) is 0 Å². The van der Waals surface area contributed by atoms with Gasteiger partial charge in [-0.3, -0.25) is 0 Å². The van der Waals surface area contributed by atoms with Crippen LogP contribution in [0.1, 0.15) is 26.1 Å². The van der Waals surface area contributed by atoms with E-state index in [1.807, 2.05) is 0 Å². The molecule has 0 spiro atoms. The summed E-state index contributed by atoms with van der Waals surface area (Å²) in [5, 5.41) is 0. The molecule has 2 rings (SSSR count).